The summed E-state index contributed by atoms with van der Waals surface area (Å²) >= 11 is 8.10. The van der Waals surface area contributed by atoms with E-state index in [2.05, 4.69) is 27.9 Å². The molecule has 146 valence electrons. The quantitative estimate of drug-likeness (QED) is 0.343. The van der Waals surface area contributed by atoms with Gasteiger partial charge >= 0.3 is 0 Å². The number of anilines is 1. The lowest BCUT2D eigenvalue weighted by atomic mass is 10.2. The molecule has 0 aliphatic heterocycles. The second-order valence-corrected chi connectivity index (χ2v) is 7.66. The maximum absolute atomic E-state index is 13.3. The van der Waals surface area contributed by atoms with E-state index in [0.717, 1.165) is 26.1 Å². The van der Waals surface area contributed by atoms with Gasteiger partial charge in [0.05, 0.1) is 15.2 Å². The van der Waals surface area contributed by atoms with Crippen molar-refractivity contribution in [2.24, 2.45) is 0 Å². The monoisotopic (exact) mass is 511 g/mol. The van der Waals surface area contributed by atoms with Crippen molar-refractivity contribution in [2.45, 2.75) is 20.1 Å². The predicted molar refractivity (Wildman–Crippen MR) is 120 cm³/mol. The Kier molecular flexibility index (Phi) is 7.39. The Morgan fingerprint density at radius 3 is 2.50 bits per heavy atom. The number of rotatable bonds is 8. The van der Waals surface area contributed by atoms with Crippen LogP contribution < -0.4 is 14.8 Å². The van der Waals surface area contributed by atoms with Crippen molar-refractivity contribution in [3.8, 4) is 11.5 Å². The second-order valence-electron chi connectivity index (χ2n) is 6.09. The summed E-state index contributed by atoms with van der Waals surface area (Å²) in [5, 5.41) is 3.35. The molecule has 0 amide bonds. The van der Waals surface area contributed by atoms with E-state index in [-0.39, 0.29) is 5.02 Å². The number of hydrogen-bond donors (Lipinski definition) is 1. The molecule has 0 radical (unpaired) electrons. The van der Waals surface area contributed by atoms with E-state index in [1.54, 1.807) is 12.1 Å². The lowest BCUT2D eigenvalue weighted by molar-refractivity contribution is 0.267. The van der Waals surface area contributed by atoms with Crippen LogP contribution in [-0.4, -0.2) is 6.61 Å². The highest BCUT2D eigenvalue weighted by Gasteiger charge is 2.13. The van der Waals surface area contributed by atoms with Gasteiger partial charge in [-0.05, 0) is 71.0 Å². The zero-order chi connectivity index (χ0) is 19.9. The molecular weight excluding hydrogens is 492 g/mol. The molecule has 0 spiro atoms. The van der Waals surface area contributed by atoms with Crippen molar-refractivity contribution in [3.63, 3.8) is 0 Å². The highest BCUT2D eigenvalue weighted by molar-refractivity contribution is 14.1. The van der Waals surface area contributed by atoms with Crippen LogP contribution in [0.5, 0.6) is 11.5 Å². The van der Waals surface area contributed by atoms with Gasteiger partial charge in [0.1, 0.15) is 12.4 Å². The molecule has 0 bridgehead atoms. The molecule has 0 saturated carbocycles. The fourth-order valence-electron chi connectivity index (χ4n) is 2.67. The Morgan fingerprint density at radius 1 is 1.00 bits per heavy atom. The molecule has 0 aliphatic rings. The first kappa shape index (κ1) is 20.7. The minimum Gasteiger partial charge on any atom is -0.490 e. The average Bonchev–Trinajstić information content (AvgIpc) is 2.69. The minimum absolute atomic E-state index is 0.0965. The molecule has 0 unspecified atom stereocenters. The van der Waals surface area contributed by atoms with Gasteiger partial charge < -0.3 is 14.8 Å². The van der Waals surface area contributed by atoms with Crippen molar-refractivity contribution in [1.29, 1.82) is 0 Å². The zero-order valence-electron chi connectivity index (χ0n) is 15.3. The molecule has 0 saturated heterocycles. The third-order valence-electron chi connectivity index (χ3n) is 4.01. The van der Waals surface area contributed by atoms with Crippen LogP contribution >= 0.6 is 34.2 Å². The molecule has 3 aromatic carbocycles. The van der Waals surface area contributed by atoms with Gasteiger partial charge in [-0.25, -0.2) is 4.39 Å². The number of hydrogen-bond acceptors (Lipinski definition) is 3. The van der Waals surface area contributed by atoms with Gasteiger partial charge in [0.15, 0.2) is 11.5 Å². The van der Waals surface area contributed by atoms with Gasteiger partial charge in [-0.1, -0.05) is 41.9 Å². The highest BCUT2D eigenvalue weighted by atomic mass is 127. The predicted octanol–water partition coefficient (Wildman–Crippen LogP) is 6.67. The third kappa shape index (κ3) is 5.52. The fourth-order valence-corrected chi connectivity index (χ4v) is 3.67. The van der Waals surface area contributed by atoms with Crippen molar-refractivity contribution < 1.29 is 13.9 Å². The molecule has 1 N–H and O–H groups in total. The summed E-state index contributed by atoms with van der Waals surface area (Å²) in [6.45, 7) is 3.51. The molecule has 0 atom stereocenters. The van der Waals surface area contributed by atoms with E-state index >= 15 is 0 Å². The van der Waals surface area contributed by atoms with Crippen LogP contribution in [0.1, 0.15) is 18.1 Å². The van der Waals surface area contributed by atoms with Gasteiger partial charge in [-0.2, -0.15) is 0 Å². The summed E-state index contributed by atoms with van der Waals surface area (Å²) in [4.78, 5) is 0. The molecule has 0 aromatic heterocycles. The normalized spacial score (nSPS) is 10.6. The van der Waals surface area contributed by atoms with Crippen molar-refractivity contribution in [2.75, 3.05) is 11.9 Å². The molecule has 3 rings (SSSR count). The first-order chi connectivity index (χ1) is 13.6. The standard InChI is InChI=1S/C22H20ClFINO2/c1-2-27-21-11-16(13-26-17-8-9-19(24)18(23)12-17)10-20(25)22(21)28-14-15-6-4-3-5-7-15/h3-12,26H,2,13-14H2,1H3. The van der Waals surface area contributed by atoms with Gasteiger partial charge in [-0.3, -0.25) is 0 Å². The van der Waals surface area contributed by atoms with E-state index in [1.807, 2.05) is 49.4 Å². The van der Waals surface area contributed by atoms with E-state index in [9.17, 15) is 4.39 Å². The van der Waals surface area contributed by atoms with Crippen LogP contribution in [0.25, 0.3) is 0 Å². The topological polar surface area (TPSA) is 30.5 Å². The molecule has 6 heteroatoms. The number of nitrogens with one attached hydrogen (secondary N) is 1. The number of ether oxygens (including phenoxy) is 2. The summed E-state index contributed by atoms with van der Waals surface area (Å²) < 4.78 is 26.1. The van der Waals surface area contributed by atoms with Crippen LogP contribution in [-0.2, 0) is 13.2 Å². The van der Waals surface area contributed by atoms with E-state index in [0.29, 0.717) is 25.5 Å². The minimum atomic E-state index is -0.430. The Labute approximate surface area is 183 Å². The van der Waals surface area contributed by atoms with Gasteiger partial charge in [0, 0.05) is 12.2 Å². The first-order valence-electron chi connectivity index (χ1n) is 8.87. The summed E-state index contributed by atoms with van der Waals surface area (Å²) in [7, 11) is 0. The smallest absolute Gasteiger partial charge is 0.174 e. The second kappa shape index (κ2) is 9.98. The first-order valence-corrected chi connectivity index (χ1v) is 10.3. The van der Waals surface area contributed by atoms with Crippen LogP contribution in [0.4, 0.5) is 10.1 Å². The fraction of sp³-hybridized carbons (Fsp3) is 0.182. The summed E-state index contributed by atoms with van der Waals surface area (Å²) in [5.74, 6) is 1.01. The van der Waals surface area contributed by atoms with E-state index in [1.165, 1.54) is 6.07 Å². The average molecular weight is 512 g/mol. The largest absolute Gasteiger partial charge is 0.490 e. The Bertz CT molecular complexity index is 937. The molecular formula is C22H20ClFINO2. The van der Waals surface area contributed by atoms with Gasteiger partial charge in [0.2, 0.25) is 0 Å². The summed E-state index contributed by atoms with van der Waals surface area (Å²) in [6, 6.07) is 18.6. The molecule has 0 heterocycles. The molecule has 3 aromatic rings. The number of benzene rings is 3. The number of halogens is 3. The Morgan fingerprint density at radius 2 is 1.79 bits per heavy atom. The SMILES string of the molecule is CCOc1cc(CNc2ccc(F)c(Cl)c2)cc(I)c1OCc1ccccc1. The molecule has 3 nitrogen and oxygen atoms in total. The van der Waals surface area contributed by atoms with Gasteiger partial charge in [-0.15, -0.1) is 0 Å². The van der Waals surface area contributed by atoms with Crippen LogP contribution in [0, 0.1) is 9.39 Å². The maximum atomic E-state index is 13.3. The summed E-state index contributed by atoms with van der Waals surface area (Å²) in [5.41, 5.74) is 2.88. The van der Waals surface area contributed by atoms with Crippen molar-refractivity contribution in [1.82, 2.24) is 0 Å². The van der Waals surface area contributed by atoms with Crippen molar-refractivity contribution in [3.05, 3.63) is 86.2 Å². The van der Waals surface area contributed by atoms with Crippen molar-refractivity contribution >= 4 is 39.9 Å². The van der Waals surface area contributed by atoms with Crippen LogP contribution in [0.3, 0.4) is 0 Å². The van der Waals surface area contributed by atoms with Gasteiger partial charge in [0.25, 0.3) is 0 Å². The van der Waals surface area contributed by atoms with Crippen LogP contribution in [0.2, 0.25) is 5.02 Å². The molecule has 0 aliphatic carbocycles. The Balaban J connectivity index is 1.74. The highest BCUT2D eigenvalue weighted by Crippen LogP contribution is 2.35. The third-order valence-corrected chi connectivity index (χ3v) is 5.10. The van der Waals surface area contributed by atoms with Crippen LogP contribution in [0.15, 0.2) is 60.7 Å². The maximum Gasteiger partial charge on any atom is 0.174 e. The molecule has 28 heavy (non-hydrogen) atoms. The Hall–Kier alpha value is -1.99. The van der Waals surface area contributed by atoms with E-state index in [4.69, 9.17) is 21.1 Å². The summed E-state index contributed by atoms with van der Waals surface area (Å²) in [6.07, 6.45) is 0. The lowest BCUT2D eigenvalue weighted by Gasteiger charge is -2.16. The zero-order valence-corrected chi connectivity index (χ0v) is 18.3. The lowest BCUT2D eigenvalue weighted by Crippen LogP contribution is -2.05. The molecule has 0 fully saturated rings. The van der Waals surface area contributed by atoms with E-state index < -0.39 is 5.82 Å².